The van der Waals surface area contributed by atoms with E-state index >= 15 is 0 Å². The van der Waals surface area contributed by atoms with Gasteiger partial charge in [0.2, 0.25) is 0 Å². The quantitative estimate of drug-likeness (QED) is 0.574. The summed E-state index contributed by atoms with van der Waals surface area (Å²) in [6.45, 7) is 3.22. The van der Waals surface area contributed by atoms with E-state index in [-0.39, 0.29) is 0 Å². The van der Waals surface area contributed by atoms with Crippen LogP contribution in [0.5, 0.6) is 0 Å². The first-order chi connectivity index (χ1) is 8.83. The number of hydrogen-bond donors (Lipinski definition) is 1. The highest BCUT2D eigenvalue weighted by Crippen LogP contribution is 2.37. The van der Waals surface area contributed by atoms with E-state index in [0.29, 0.717) is 5.41 Å². The molecule has 0 heterocycles. The molecule has 0 radical (unpaired) electrons. The Labute approximate surface area is 115 Å². The van der Waals surface area contributed by atoms with E-state index in [1.54, 1.807) is 0 Å². The second-order valence-corrected chi connectivity index (χ2v) is 6.49. The Balaban J connectivity index is 2.20. The lowest BCUT2D eigenvalue weighted by molar-refractivity contribution is 0.194. The first-order valence-corrected chi connectivity index (χ1v) is 8.53. The maximum atomic E-state index is 6.12. The molecule has 108 valence electrons. The monoisotopic (exact) mass is 253 g/mol. The smallest absolute Gasteiger partial charge is 0.00205 e. The number of hydrogen-bond acceptors (Lipinski definition) is 1. The standard InChI is InChI=1S/C17H35N/c1-2-3-4-5-7-10-13-17(16-18)14-11-8-6-9-12-15-17/h2-16,18H2,1H3. The molecule has 1 aliphatic rings. The van der Waals surface area contributed by atoms with Crippen LogP contribution in [0.25, 0.3) is 0 Å². The summed E-state index contributed by atoms with van der Waals surface area (Å²) in [5.41, 5.74) is 6.64. The molecular weight excluding hydrogens is 218 g/mol. The zero-order valence-corrected chi connectivity index (χ0v) is 12.7. The van der Waals surface area contributed by atoms with Gasteiger partial charge in [-0.15, -0.1) is 0 Å². The molecule has 0 aromatic carbocycles. The minimum Gasteiger partial charge on any atom is -0.330 e. The molecule has 0 bridgehead atoms. The molecule has 1 fully saturated rings. The summed E-state index contributed by atoms with van der Waals surface area (Å²) in [6.07, 6.45) is 19.9. The lowest BCUT2D eigenvalue weighted by Gasteiger charge is -2.34. The molecule has 0 atom stereocenters. The average Bonchev–Trinajstić information content (AvgIpc) is 2.36. The highest BCUT2D eigenvalue weighted by Gasteiger charge is 2.27. The zero-order chi connectivity index (χ0) is 13.1. The predicted molar refractivity (Wildman–Crippen MR) is 81.8 cm³/mol. The van der Waals surface area contributed by atoms with E-state index in [1.807, 2.05) is 0 Å². The molecule has 18 heavy (non-hydrogen) atoms. The third kappa shape index (κ3) is 6.22. The van der Waals surface area contributed by atoms with Gasteiger partial charge >= 0.3 is 0 Å². The van der Waals surface area contributed by atoms with Crippen LogP contribution in [0.15, 0.2) is 0 Å². The predicted octanol–water partition coefficient (Wildman–Crippen LogP) is 5.43. The van der Waals surface area contributed by atoms with Crippen molar-refractivity contribution >= 4 is 0 Å². The van der Waals surface area contributed by atoms with Crippen LogP contribution in [-0.4, -0.2) is 6.54 Å². The summed E-state index contributed by atoms with van der Waals surface area (Å²) >= 11 is 0. The van der Waals surface area contributed by atoms with Crippen molar-refractivity contribution in [3.8, 4) is 0 Å². The zero-order valence-electron chi connectivity index (χ0n) is 12.7. The van der Waals surface area contributed by atoms with E-state index in [9.17, 15) is 0 Å². The summed E-state index contributed by atoms with van der Waals surface area (Å²) in [7, 11) is 0. The van der Waals surface area contributed by atoms with Crippen molar-refractivity contribution in [2.45, 2.75) is 96.8 Å². The lowest BCUT2D eigenvalue weighted by atomic mass is 9.73. The SMILES string of the molecule is CCCCCCCCC1(CN)CCCCCCC1. The van der Waals surface area contributed by atoms with Crippen LogP contribution in [0, 0.1) is 5.41 Å². The van der Waals surface area contributed by atoms with E-state index in [4.69, 9.17) is 5.73 Å². The van der Waals surface area contributed by atoms with Crippen LogP contribution in [0.3, 0.4) is 0 Å². The van der Waals surface area contributed by atoms with Gasteiger partial charge in [-0.2, -0.15) is 0 Å². The molecule has 1 nitrogen and oxygen atoms in total. The molecule has 0 amide bonds. The summed E-state index contributed by atoms with van der Waals surface area (Å²) < 4.78 is 0. The van der Waals surface area contributed by atoms with Gasteiger partial charge in [0, 0.05) is 0 Å². The van der Waals surface area contributed by atoms with Gasteiger partial charge in [0.1, 0.15) is 0 Å². The van der Waals surface area contributed by atoms with E-state index < -0.39 is 0 Å². The molecule has 0 aromatic heterocycles. The summed E-state index contributed by atoms with van der Waals surface area (Å²) in [6, 6.07) is 0. The fraction of sp³-hybridized carbons (Fsp3) is 1.00. The van der Waals surface area contributed by atoms with Crippen molar-refractivity contribution in [1.29, 1.82) is 0 Å². The van der Waals surface area contributed by atoms with Gasteiger partial charge in [-0.3, -0.25) is 0 Å². The molecule has 1 rings (SSSR count). The van der Waals surface area contributed by atoms with Crippen LogP contribution in [0.2, 0.25) is 0 Å². The number of rotatable bonds is 8. The fourth-order valence-corrected chi connectivity index (χ4v) is 3.49. The van der Waals surface area contributed by atoms with Crippen molar-refractivity contribution in [2.75, 3.05) is 6.54 Å². The molecule has 0 aromatic rings. The Morgan fingerprint density at radius 2 is 1.33 bits per heavy atom. The van der Waals surface area contributed by atoms with Crippen molar-refractivity contribution in [2.24, 2.45) is 11.1 Å². The van der Waals surface area contributed by atoms with Gasteiger partial charge in [0.05, 0.1) is 0 Å². The van der Waals surface area contributed by atoms with Crippen LogP contribution in [0.1, 0.15) is 96.8 Å². The number of unbranched alkanes of at least 4 members (excludes halogenated alkanes) is 5. The molecule has 0 aliphatic heterocycles. The van der Waals surface area contributed by atoms with Crippen molar-refractivity contribution in [3.63, 3.8) is 0 Å². The number of nitrogens with two attached hydrogens (primary N) is 1. The minimum atomic E-state index is 0.519. The molecule has 0 spiro atoms. The Morgan fingerprint density at radius 3 is 1.94 bits per heavy atom. The normalized spacial score (nSPS) is 20.3. The average molecular weight is 253 g/mol. The topological polar surface area (TPSA) is 26.0 Å². The maximum absolute atomic E-state index is 6.12. The Bertz CT molecular complexity index is 180. The molecule has 1 saturated carbocycles. The van der Waals surface area contributed by atoms with Gasteiger partial charge in [-0.25, -0.2) is 0 Å². The summed E-state index contributed by atoms with van der Waals surface area (Å²) in [5, 5.41) is 0. The van der Waals surface area contributed by atoms with E-state index in [1.165, 1.54) is 89.9 Å². The summed E-state index contributed by atoms with van der Waals surface area (Å²) in [5.74, 6) is 0. The van der Waals surface area contributed by atoms with Crippen LogP contribution in [0.4, 0.5) is 0 Å². The van der Waals surface area contributed by atoms with Gasteiger partial charge in [-0.05, 0) is 31.2 Å². The van der Waals surface area contributed by atoms with Gasteiger partial charge in [0.25, 0.3) is 0 Å². The molecule has 1 heteroatoms. The third-order valence-corrected chi connectivity index (χ3v) is 4.91. The Morgan fingerprint density at radius 1 is 0.778 bits per heavy atom. The molecule has 0 saturated heterocycles. The second kappa shape index (κ2) is 9.83. The van der Waals surface area contributed by atoms with Crippen molar-refractivity contribution < 1.29 is 0 Å². The third-order valence-electron chi connectivity index (χ3n) is 4.91. The highest BCUT2D eigenvalue weighted by molar-refractivity contribution is 4.81. The molecule has 1 aliphatic carbocycles. The molecular formula is C17H35N. The van der Waals surface area contributed by atoms with E-state index in [2.05, 4.69) is 6.92 Å². The largest absolute Gasteiger partial charge is 0.330 e. The van der Waals surface area contributed by atoms with Gasteiger partial charge < -0.3 is 5.73 Å². The first-order valence-electron chi connectivity index (χ1n) is 8.53. The van der Waals surface area contributed by atoms with Crippen molar-refractivity contribution in [1.82, 2.24) is 0 Å². The maximum Gasteiger partial charge on any atom is -0.00205 e. The van der Waals surface area contributed by atoms with Crippen molar-refractivity contribution in [3.05, 3.63) is 0 Å². The van der Waals surface area contributed by atoms with Crippen LogP contribution in [-0.2, 0) is 0 Å². The van der Waals surface area contributed by atoms with Crippen LogP contribution >= 0.6 is 0 Å². The summed E-state index contributed by atoms with van der Waals surface area (Å²) in [4.78, 5) is 0. The lowest BCUT2D eigenvalue weighted by Crippen LogP contribution is -2.31. The minimum absolute atomic E-state index is 0.519. The highest BCUT2D eigenvalue weighted by atomic mass is 14.6. The van der Waals surface area contributed by atoms with Gasteiger partial charge in [-0.1, -0.05) is 77.6 Å². The Kier molecular flexibility index (Phi) is 8.75. The van der Waals surface area contributed by atoms with Gasteiger partial charge in [0.15, 0.2) is 0 Å². The molecule has 2 N–H and O–H groups in total. The van der Waals surface area contributed by atoms with E-state index in [0.717, 1.165) is 6.54 Å². The second-order valence-electron chi connectivity index (χ2n) is 6.49. The molecule has 0 unspecified atom stereocenters. The Hall–Kier alpha value is -0.0400. The van der Waals surface area contributed by atoms with Crippen LogP contribution < -0.4 is 5.73 Å². The first kappa shape index (κ1) is 16.0. The fourth-order valence-electron chi connectivity index (χ4n) is 3.49.